The second-order valence-corrected chi connectivity index (χ2v) is 4.66. The van der Waals surface area contributed by atoms with Gasteiger partial charge in [0.2, 0.25) is 11.8 Å². The molecule has 0 atom stereocenters. The minimum Gasteiger partial charge on any atom is -0.480 e. The first-order valence-corrected chi connectivity index (χ1v) is 5.61. The number of halogens is 1. The summed E-state index contributed by atoms with van der Waals surface area (Å²) >= 11 is 3.32. The van der Waals surface area contributed by atoms with Crippen molar-refractivity contribution in [3.63, 3.8) is 0 Å². The highest BCUT2D eigenvalue weighted by Crippen LogP contribution is 2.23. The number of nitrogens with zero attached hydrogens (tertiary/aromatic N) is 3. The third-order valence-corrected chi connectivity index (χ3v) is 2.42. The van der Waals surface area contributed by atoms with E-state index in [1.807, 2.05) is 11.9 Å². The zero-order chi connectivity index (χ0) is 11.4. The number of aromatic nitrogens is 2. The predicted molar refractivity (Wildman–Crippen MR) is 64.4 cm³/mol. The van der Waals surface area contributed by atoms with Crippen LogP contribution >= 0.6 is 15.9 Å². The van der Waals surface area contributed by atoms with Gasteiger partial charge >= 0.3 is 0 Å². The van der Waals surface area contributed by atoms with Crippen molar-refractivity contribution < 1.29 is 4.74 Å². The van der Waals surface area contributed by atoms with E-state index in [0.29, 0.717) is 17.7 Å². The number of anilines is 1. The fraction of sp³-hybridized carbons (Fsp3) is 0.600. The third-order valence-electron chi connectivity index (χ3n) is 1.87. The number of hydrogen-bond donors (Lipinski definition) is 0. The molecule has 0 radical (unpaired) electrons. The first-order chi connectivity index (χ1) is 7.04. The quantitative estimate of drug-likeness (QED) is 0.844. The maximum absolute atomic E-state index is 5.12. The molecule has 4 nitrogen and oxygen atoms in total. The maximum Gasteiger partial charge on any atom is 0.232 e. The van der Waals surface area contributed by atoms with Gasteiger partial charge in [-0.25, -0.2) is 4.98 Å². The molecule has 0 N–H and O–H groups in total. The molecule has 84 valence electrons. The lowest BCUT2D eigenvalue weighted by atomic mass is 10.2. The molecule has 0 fully saturated rings. The SMILES string of the molecule is COc1nc(N(C)CC(C)C)ncc1Br. The van der Waals surface area contributed by atoms with Crippen LogP contribution in [0.2, 0.25) is 0 Å². The normalized spacial score (nSPS) is 10.5. The summed E-state index contributed by atoms with van der Waals surface area (Å²) in [6.07, 6.45) is 1.71. The Kier molecular flexibility index (Phi) is 4.32. The van der Waals surface area contributed by atoms with Crippen LogP contribution in [0.3, 0.4) is 0 Å². The van der Waals surface area contributed by atoms with Gasteiger partial charge in [0.1, 0.15) is 0 Å². The summed E-state index contributed by atoms with van der Waals surface area (Å²) in [6.45, 7) is 5.24. The van der Waals surface area contributed by atoms with Crippen LogP contribution in [-0.2, 0) is 0 Å². The van der Waals surface area contributed by atoms with E-state index >= 15 is 0 Å². The Balaban J connectivity index is 2.85. The Hall–Kier alpha value is -0.840. The van der Waals surface area contributed by atoms with Crippen LogP contribution in [0.25, 0.3) is 0 Å². The van der Waals surface area contributed by atoms with E-state index in [9.17, 15) is 0 Å². The lowest BCUT2D eigenvalue weighted by Gasteiger charge is -2.19. The van der Waals surface area contributed by atoms with Crippen molar-refractivity contribution in [3.05, 3.63) is 10.7 Å². The molecular weight excluding hydrogens is 258 g/mol. The van der Waals surface area contributed by atoms with Gasteiger partial charge in [-0.05, 0) is 21.8 Å². The van der Waals surface area contributed by atoms with Crippen LogP contribution in [0.5, 0.6) is 5.88 Å². The molecule has 0 aliphatic carbocycles. The minimum absolute atomic E-state index is 0.565. The van der Waals surface area contributed by atoms with Crippen molar-refractivity contribution >= 4 is 21.9 Å². The average Bonchev–Trinajstić information content (AvgIpc) is 2.17. The molecule has 0 bridgehead atoms. The van der Waals surface area contributed by atoms with Gasteiger partial charge in [0.25, 0.3) is 0 Å². The predicted octanol–water partition coefficient (Wildman–Crippen LogP) is 2.34. The van der Waals surface area contributed by atoms with E-state index in [-0.39, 0.29) is 0 Å². The molecular formula is C10H16BrN3O. The molecule has 0 aliphatic rings. The molecule has 0 aliphatic heterocycles. The van der Waals surface area contributed by atoms with Gasteiger partial charge in [0.15, 0.2) is 0 Å². The lowest BCUT2D eigenvalue weighted by Crippen LogP contribution is -2.24. The van der Waals surface area contributed by atoms with Gasteiger partial charge in [0, 0.05) is 13.6 Å². The molecule has 0 aromatic carbocycles. The Labute approximate surface area is 98.8 Å². The number of hydrogen-bond acceptors (Lipinski definition) is 4. The van der Waals surface area contributed by atoms with Crippen molar-refractivity contribution in [3.8, 4) is 5.88 Å². The molecule has 1 rings (SSSR count). The molecule has 1 aromatic rings. The van der Waals surface area contributed by atoms with Gasteiger partial charge < -0.3 is 9.64 Å². The van der Waals surface area contributed by atoms with Gasteiger partial charge in [-0.2, -0.15) is 4.98 Å². The minimum atomic E-state index is 0.565. The molecule has 5 heteroatoms. The molecule has 0 saturated carbocycles. The highest BCUT2D eigenvalue weighted by molar-refractivity contribution is 9.10. The van der Waals surface area contributed by atoms with Crippen LogP contribution in [0.1, 0.15) is 13.8 Å². The van der Waals surface area contributed by atoms with Crippen LogP contribution in [0, 0.1) is 5.92 Å². The number of rotatable bonds is 4. The Bertz CT molecular complexity index is 330. The number of ether oxygens (including phenoxy) is 1. The van der Waals surface area contributed by atoms with Gasteiger partial charge in [-0.15, -0.1) is 0 Å². The third kappa shape index (κ3) is 3.34. The Morgan fingerprint density at radius 1 is 1.53 bits per heavy atom. The van der Waals surface area contributed by atoms with Crippen molar-refractivity contribution in [2.75, 3.05) is 25.6 Å². The lowest BCUT2D eigenvalue weighted by molar-refractivity contribution is 0.393. The molecule has 1 aromatic heterocycles. The first kappa shape index (κ1) is 12.2. The molecule has 1 heterocycles. The highest BCUT2D eigenvalue weighted by Gasteiger charge is 2.09. The summed E-state index contributed by atoms with van der Waals surface area (Å²) in [7, 11) is 3.57. The van der Waals surface area contributed by atoms with Gasteiger partial charge in [-0.3, -0.25) is 0 Å². The summed E-state index contributed by atoms with van der Waals surface area (Å²) in [5.74, 6) is 1.83. The van der Waals surface area contributed by atoms with Crippen molar-refractivity contribution in [2.45, 2.75) is 13.8 Å². The summed E-state index contributed by atoms with van der Waals surface area (Å²) in [4.78, 5) is 10.5. The second-order valence-electron chi connectivity index (χ2n) is 3.80. The Morgan fingerprint density at radius 3 is 2.73 bits per heavy atom. The van der Waals surface area contributed by atoms with Crippen molar-refractivity contribution in [1.29, 1.82) is 0 Å². The highest BCUT2D eigenvalue weighted by atomic mass is 79.9. The first-order valence-electron chi connectivity index (χ1n) is 4.82. The smallest absolute Gasteiger partial charge is 0.232 e. The summed E-state index contributed by atoms with van der Waals surface area (Å²) in [5.41, 5.74) is 0. The molecule has 0 spiro atoms. The summed E-state index contributed by atoms with van der Waals surface area (Å²) in [5, 5.41) is 0. The molecule has 0 amide bonds. The van der Waals surface area contributed by atoms with E-state index in [2.05, 4.69) is 39.7 Å². The van der Waals surface area contributed by atoms with Crippen molar-refractivity contribution in [2.24, 2.45) is 5.92 Å². The fourth-order valence-corrected chi connectivity index (χ4v) is 1.65. The topological polar surface area (TPSA) is 38.2 Å². The zero-order valence-corrected chi connectivity index (χ0v) is 11.1. The largest absolute Gasteiger partial charge is 0.480 e. The van der Waals surface area contributed by atoms with Crippen LogP contribution in [0.15, 0.2) is 10.7 Å². The zero-order valence-electron chi connectivity index (χ0n) is 9.49. The number of methoxy groups -OCH3 is 1. The Morgan fingerprint density at radius 2 is 2.20 bits per heavy atom. The molecule has 0 unspecified atom stereocenters. The van der Waals surface area contributed by atoms with Crippen molar-refractivity contribution in [1.82, 2.24) is 9.97 Å². The summed E-state index contributed by atoms with van der Waals surface area (Å²) in [6, 6.07) is 0. The van der Waals surface area contributed by atoms with E-state index in [4.69, 9.17) is 4.74 Å². The van der Waals surface area contributed by atoms with E-state index < -0.39 is 0 Å². The van der Waals surface area contributed by atoms with Crippen LogP contribution in [-0.4, -0.2) is 30.7 Å². The maximum atomic E-state index is 5.12. The molecule has 0 saturated heterocycles. The summed E-state index contributed by atoms with van der Waals surface area (Å²) < 4.78 is 5.89. The molecule has 15 heavy (non-hydrogen) atoms. The standard InChI is InChI=1S/C10H16BrN3O/c1-7(2)6-14(3)10-12-5-8(11)9(13-10)15-4/h5,7H,6H2,1-4H3. The monoisotopic (exact) mass is 273 g/mol. The van der Waals surface area contributed by atoms with Gasteiger partial charge in [0.05, 0.1) is 17.8 Å². The van der Waals surface area contributed by atoms with E-state index in [0.717, 1.165) is 11.0 Å². The van der Waals surface area contributed by atoms with Crippen LogP contribution in [0.4, 0.5) is 5.95 Å². The van der Waals surface area contributed by atoms with E-state index in [1.54, 1.807) is 13.3 Å². The second kappa shape index (κ2) is 5.30. The van der Waals surface area contributed by atoms with Crippen LogP contribution < -0.4 is 9.64 Å². The average molecular weight is 274 g/mol. The fourth-order valence-electron chi connectivity index (χ4n) is 1.30. The van der Waals surface area contributed by atoms with E-state index in [1.165, 1.54) is 0 Å². The van der Waals surface area contributed by atoms with Gasteiger partial charge in [-0.1, -0.05) is 13.8 Å².